The number of benzene rings is 1. The van der Waals surface area contributed by atoms with E-state index >= 15 is 0 Å². The van der Waals surface area contributed by atoms with Crippen LogP contribution in [0.1, 0.15) is 85.0 Å². The lowest BCUT2D eigenvalue weighted by atomic mass is 9.75. The fraction of sp³-hybridized carbons (Fsp3) is 0.667. The van der Waals surface area contributed by atoms with E-state index in [0.29, 0.717) is 23.4 Å². The van der Waals surface area contributed by atoms with Gasteiger partial charge in [0.15, 0.2) is 0 Å². The van der Waals surface area contributed by atoms with Crippen LogP contribution in [-0.2, 0) is 0 Å². The highest BCUT2D eigenvalue weighted by Crippen LogP contribution is 2.38. The van der Waals surface area contributed by atoms with E-state index in [9.17, 15) is 0 Å². The second-order valence-corrected chi connectivity index (χ2v) is 12.1. The first-order chi connectivity index (χ1) is 16.4. The first-order valence-corrected chi connectivity index (χ1v) is 14.9. The zero-order valence-electron chi connectivity index (χ0n) is 22.1. The van der Waals surface area contributed by atoms with Crippen molar-refractivity contribution in [3.05, 3.63) is 40.9 Å². The minimum atomic E-state index is 0.320. The van der Waals surface area contributed by atoms with E-state index in [1.165, 1.54) is 92.7 Å². The molecule has 1 saturated heterocycles. The second-order valence-electron chi connectivity index (χ2n) is 11.2. The normalized spacial score (nSPS) is 27.1. The summed E-state index contributed by atoms with van der Waals surface area (Å²) in [6.45, 7) is 13.8. The van der Waals surface area contributed by atoms with Gasteiger partial charge in [-0.05, 0) is 119 Å². The highest BCUT2D eigenvalue weighted by atomic mass is 32.2. The second kappa shape index (κ2) is 11.6. The van der Waals surface area contributed by atoms with Crippen molar-refractivity contribution in [2.24, 2.45) is 11.8 Å². The third kappa shape index (κ3) is 6.23. The summed E-state index contributed by atoms with van der Waals surface area (Å²) in [5.74, 6) is 1.33. The Morgan fingerprint density at radius 2 is 1.79 bits per heavy atom. The van der Waals surface area contributed by atoms with Crippen LogP contribution >= 0.6 is 11.9 Å². The van der Waals surface area contributed by atoms with Crippen molar-refractivity contribution < 1.29 is 0 Å². The molecule has 0 aromatic heterocycles. The van der Waals surface area contributed by atoms with E-state index in [1.54, 1.807) is 5.57 Å². The van der Waals surface area contributed by atoms with E-state index in [4.69, 9.17) is 0 Å². The maximum Gasteiger partial charge on any atom is 0.0348 e. The van der Waals surface area contributed by atoms with Crippen LogP contribution in [0.25, 0.3) is 11.6 Å². The van der Waals surface area contributed by atoms with Gasteiger partial charge >= 0.3 is 0 Å². The lowest BCUT2D eigenvalue weighted by molar-refractivity contribution is 0.211. The summed E-state index contributed by atoms with van der Waals surface area (Å²) < 4.78 is 2.48. The SMILES string of the molecule is C=C(NC1(C)CCC1)C1CCC(/C(C)=c2\cc(NC3CCN(SC)CC3)cc\c2=C\CC)CC1. The average molecular weight is 482 g/mol. The van der Waals surface area contributed by atoms with Crippen LogP contribution in [-0.4, -0.2) is 35.2 Å². The van der Waals surface area contributed by atoms with E-state index in [1.807, 2.05) is 11.9 Å². The molecule has 0 spiro atoms. The maximum absolute atomic E-state index is 4.45. The molecule has 188 valence electrons. The largest absolute Gasteiger partial charge is 0.383 e. The van der Waals surface area contributed by atoms with Gasteiger partial charge in [0.25, 0.3) is 0 Å². The molecule has 0 bridgehead atoms. The standard InChI is InChI=1S/C30H47N3S/c1-6-8-26-13-14-28(31-27-15-19-33(34-5)20-16-27)21-29(26)22(2)24-9-11-25(12-10-24)23(3)32-30(4)17-7-18-30/h8,13-14,21,24-25,27,31-32H,3,6-7,9-12,15-20H2,1-2,4-5H3/b26-8-,29-22+. The van der Waals surface area contributed by atoms with Crippen LogP contribution < -0.4 is 21.1 Å². The molecule has 1 heterocycles. The monoisotopic (exact) mass is 481 g/mol. The van der Waals surface area contributed by atoms with Gasteiger partial charge in [-0.1, -0.05) is 43.2 Å². The highest BCUT2D eigenvalue weighted by molar-refractivity contribution is 7.96. The van der Waals surface area contributed by atoms with Crippen molar-refractivity contribution in [1.29, 1.82) is 0 Å². The molecule has 3 fully saturated rings. The molecule has 0 amide bonds. The lowest BCUT2D eigenvalue weighted by Crippen LogP contribution is -2.48. The van der Waals surface area contributed by atoms with Gasteiger partial charge in [0.2, 0.25) is 0 Å². The molecule has 0 unspecified atom stereocenters. The molecule has 1 aromatic carbocycles. The molecule has 3 aliphatic rings. The van der Waals surface area contributed by atoms with Gasteiger partial charge in [-0.15, -0.1) is 0 Å². The molecule has 2 N–H and O–H groups in total. The molecule has 4 rings (SSSR count). The predicted molar refractivity (Wildman–Crippen MR) is 151 cm³/mol. The quantitative estimate of drug-likeness (QED) is 0.442. The summed E-state index contributed by atoms with van der Waals surface area (Å²) in [5, 5.41) is 10.5. The molecule has 1 aromatic rings. The van der Waals surface area contributed by atoms with Crippen molar-refractivity contribution in [3.8, 4) is 0 Å². The number of anilines is 1. The van der Waals surface area contributed by atoms with Gasteiger partial charge in [-0.3, -0.25) is 4.31 Å². The predicted octanol–water partition coefficient (Wildman–Crippen LogP) is 6.05. The number of hydrogen-bond donors (Lipinski definition) is 2. The molecule has 4 heteroatoms. The van der Waals surface area contributed by atoms with Crippen LogP contribution in [0.3, 0.4) is 0 Å². The summed E-state index contributed by atoms with van der Waals surface area (Å²) in [7, 11) is 0. The Hall–Kier alpha value is -1.39. The summed E-state index contributed by atoms with van der Waals surface area (Å²) in [6, 6.07) is 7.68. The minimum absolute atomic E-state index is 0.320. The van der Waals surface area contributed by atoms with Crippen LogP contribution in [0.4, 0.5) is 5.69 Å². The molecule has 1 aliphatic heterocycles. The smallest absolute Gasteiger partial charge is 0.0348 e. The lowest BCUT2D eigenvalue weighted by Gasteiger charge is -2.43. The Labute approximate surface area is 212 Å². The zero-order valence-corrected chi connectivity index (χ0v) is 22.9. The van der Waals surface area contributed by atoms with Gasteiger partial charge in [-0.25, -0.2) is 0 Å². The molecule has 2 aliphatic carbocycles. The van der Waals surface area contributed by atoms with E-state index in [0.717, 1.165) is 6.42 Å². The summed E-state index contributed by atoms with van der Waals surface area (Å²) in [6.07, 6.45) is 17.2. The molecule has 0 radical (unpaired) electrons. The number of nitrogens with one attached hydrogen (secondary N) is 2. The third-order valence-corrected chi connectivity index (χ3v) is 9.62. The average Bonchev–Trinajstić information content (AvgIpc) is 2.84. The Balaban J connectivity index is 1.45. The molecular weight excluding hydrogens is 434 g/mol. The molecule has 3 nitrogen and oxygen atoms in total. The van der Waals surface area contributed by atoms with E-state index < -0.39 is 0 Å². The number of nitrogens with zero attached hydrogens (tertiary/aromatic N) is 1. The minimum Gasteiger partial charge on any atom is -0.383 e. The number of allylic oxidation sites excluding steroid dienone is 1. The van der Waals surface area contributed by atoms with Crippen LogP contribution in [0.5, 0.6) is 0 Å². The highest BCUT2D eigenvalue weighted by Gasteiger charge is 2.34. The van der Waals surface area contributed by atoms with Crippen molar-refractivity contribution in [1.82, 2.24) is 9.62 Å². The van der Waals surface area contributed by atoms with E-state index in [-0.39, 0.29) is 0 Å². The summed E-state index contributed by atoms with van der Waals surface area (Å²) in [4.78, 5) is 0. The van der Waals surface area contributed by atoms with Crippen LogP contribution in [0.2, 0.25) is 0 Å². The number of piperidine rings is 1. The fourth-order valence-electron chi connectivity index (χ4n) is 6.22. The first kappa shape index (κ1) is 25.7. The molecule has 2 saturated carbocycles. The Kier molecular flexibility index (Phi) is 8.74. The van der Waals surface area contributed by atoms with Gasteiger partial charge < -0.3 is 10.6 Å². The number of hydrogen-bond acceptors (Lipinski definition) is 4. The summed E-state index contributed by atoms with van der Waals surface area (Å²) in [5.41, 5.74) is 4.51. The van der Waals surface area contributed by atoms with Crippen molar-refractivity contribution in [2.45, 2.75) is 96.6 Å². The zero-order chi connectivity index (χ0) is 24.1. The van der Waals surface area contributed by atoms with Gasteiger partial charge in [0.1, 0.15) is 0 Å². The molecular formula is C30H47N3S. The van der Waals surface area contributed by atoms with Crippen LogP contribution in [0.15, 0.2) is 30.5 Å². The van der Waals surface area contributed by atoms with Gasteiger partial charge in [0, 0.05) is 36.1 Å². The molecule has 0 atom stereocenters. The van der Waals surface area contributed by atoms with Crippen molar-refractivity contribution in [3.63, 3.8) is 0 Å². The molecule has 34 heavy (non-hydrogen) atoms. The Morgan fingerprint density at radius 1 is 1.12 bits per heavy atom. The van der Waals surface area contributed by atoms with E-state index in [2.05, 4.69) is 72.8 Å². The number of rotatable bonds is 8. The maximum atomic E-state index is 4.45. The summed E-state index contributed by atoms with van der Waals surface area (Å²) >= 11 is 1.88. The first-order valence-electron chi connectivity index (χ1n) is 13.7. The topological polar surface area (TPSA) is 27.3 Å². The Morgan fingerprint density at radius 3 is 2.38 bits per heavy atom. The van der Waals surface area contributed by atoms with Crippen LogP contribution in [0, 0.1) is 11.8 Å². The van der Waals surface area contributed by atoms with Crippen molar-refractivity contribution in [2.75, 3.05) is 24.7 Å². The third-order valence-electron chi connectivity index (χ3n) is 8.74. The fourth-order valence-corrected chi connectivity index (χ4v) is 6.80. The van der Waals surface area contributed by atoms with Gasteiger partial charge in [0.05, 0.1) is 0 Å². The van der Waals surface area contributed by atoms with Gasteiger partial charge in [-0.2, -0.15) is 0 Å². The Bertz CT molecular complexity index is 948. The van der Waals surface area contributed by atoms with Crippen molar-refractivity contribution >= 4 is 29.3 Å².